The molecule has 1 saturated carbocycles. The van der Waals surface area contributed by atoms with E-state index in [1.165, 1.54) is 27.3 Å². The van der Waals surface area contributed by atoms with Crippen LogP contribution in [0.1, 0.15) is 46.0 Å². The van der Waals surface area contributed by atoms with E-state index in [0.29, 0.717) is 5.57 Å². The van der Waals surface area contributed by atoms with Crippen molar-refractivity contribution in [3.8, 4) is 0 Å². The maximum Gasteiger partial charge on any atom is 0.179 e. The van der Waals surface area contributed by atoms with Gasteiger partial charge in [0.05, 0.1) is 5.03 Å². The average molecular weight is 270 g/mol. The Kier molecular flexibility index (Phi) is 5.73. The first-order valence-electron chi connectivity index (χ1n) is 6.37. The molecule has 0 spiro atoms. The maximum absolute atomic E-state index is 11.8. The minimum absolute atomic E-state index is 0.0469. The number of hydrogen-bond acceptors (Lipinski definition) is 3. The molecular formula is C14H20ClNO2. The van der Waals surface area contributed by atoms with Gasteiger partial charge in [-0.25, -0.2) is 0 Å². The molecule has 100 valence electrons. The SMILES string of the molecule is CN=C(C(C)=O)/C(Cl)=C(\C(C)=O)C1CCCCC1. The summed E-state index contributed by atoms with van der Waals surface area (Å²) in [5.41, 5.74) is 0.805. The molecular weight excluding hydrogens is 250 g/mol. The molecule has 0 saturated heterocycles. The Morgan fingerprint density at radius 3 is 2.00 bits per heavy atom. The summed E-state index contributed by atoms with van der Waals surface area (Å²) < 4.78 is 0. The lowest BCUT2D eigenvalue weighted by molar-refractivity contribution is -0.114. The molecule has 0 atom stereocenters. The molecule has 1 rings (SSSR count). The number of carbonyl (C=O) groups excluding carboxylic acids is 2. The number of nitrogens with zero attached hydrogens (tertiary/aromatic N) is 1. The average Bonchev–Trinajstić information content (AvgIpc) is 2.30. The first-order chi connectivity index (χ1) is 8.49. The summed E-state index contributed by atoms with van der Waals surface area (Å²) in [4.78, 5) is 27.2. The van der Waals surface area contributed by atoms with Crippen LogP contribution in [-0.2, 0) is 9.59 Å². The molecule has 0 heterocycles. The number of carbonyl (C=O) groups is 2. The fourth-order valence-electron chi connectivity index (χ4n) is 2.55. The van der Waals surface area contributed by atoms with E-state index in [1.54, 1.807) is 0 Å². The van der Waals surface area contributed by atoms with E-state index in [4.69, 9.17) is 11.6 Å². The van der Waals surface area contributed by atoms with Crippen LogP contribution < -0.4 is 0 Å². The summed E-state index contributed by atoms with van der Waals surface area (Å²) in [6, 6.07) is 0. The van der Waals surface area contributed by atoms with Gasteiger partial charge in [0.1, 0.15) is 5.71 Å². The minimum atomic E-state index is -0.197. The minimum Gasteiger partial charge on any atom is -0.295 e. The molecule has 1 aliphatic rings. The molecule has 0 unspecified atom stereocenters. The lowest BCUT2D eigenvalue weighted by Crippen LogP contribution is -2.20. The molecule has 1 aliphatic carbocycles. The van der Waals surface area contributed by atoms with Gasteiger partial charge in [-0.15, -0.1) is 0 Å². The predicted molar refractivity (Wildman–Crippen MR) is 74.2 cm³/mol. The van der Waals surface area contributed by atoms with Crippen molar-refractivity contribution in [2.75, 3.05) is 7.05 Å². The molecule has 3 nitrogen and oxygen atoms in total. The first-order valence-corrected chi connectivity index (χ1v) is 6.75. The monoisotopic (exact) mass is 269 g/mol. The Balaban J connectivity index is 3.16. The highest BCUT2D eigenvalue weighted by molar-refractivity contribution is 6.60. The van der Waals surface area contributed by atoms with Crippen molar-refractivity contribution in [1.82, 2.24) is 0 Å². The third-order valence-electron chi connectivity index (χ3n) is 3.39. The number of hydrogen-bond donors (Lipinski definition) is 0. The van der Waals surface area contributed by atoms with Crippen molar-refractivity contribution in [2.45, 2.75) is 46.0 Å². The van der Waals surface area contributed by atoms with Gasteiger partial charge in [-0.05, 0) is 25.7 Å². The number of allylic oxidation sites excluding steroid dienone is 2. The van der Waals surface area contributed by atoms with Crippen molar-refractivity contribution < 1.29 is 9.59 Å². The lowest BCUT2D eigenvalue weighted by Gasteiger charge is -2.24. The van der Waals surface area contributed by atoms with Crippen molar-refractivity contribution in [2.24, 2.45) is 10.9 Å². The second kappa shape index (κ2) is 6.83. The molecule has 0 N–H and O–H groups in total. The second-order valence-corrected chi connectivity index (χ2v) is 5.13. The van der Waals surface area contributed by atoms with Gasteiger partial charge in [0.25, 0.3) is 0 Å². The molecule has 4 heteroatoms. The van der Waals surface area contributed by atoms with Gasteiger partial charge in [-0.1, -0.05) is 30.9 Å². The number of Topliss-reactive ketones (excluding diaryl/α,β-unsaturated/α-hetero) is 2. The van der Waals surface area contributed by atoms with Crippen LogP contribution in [-0.4, -0.2) is 24.3 Å². The number of halogens is 1. The van der Waals surface area contributed by atoms with Crippen molar-refractivity contribution >= 4 is 28.9 Å². The third kappa shape index (κ3) is 3.52. The van der Waals surface area contributed by atoms with Gasteiger partial charge < -0.3 is 0 Å². The number of rotatable bonds is 4. The topological polar surface area (TPSA) is 46.5 Å². The quantitative estimate of drug-likeness (QED) is 0.581. The summed E-state index contributed by atoms with van der Waals surface area (Å²) in [6.07, 6.45) is 5.38. The van der Waals surface area contributed by atoms with Gasteiger partial charge in [0.15, 0.2) is 11.6 Å². The molecule has 0 aromatic carbocycles. The van der Waals surface area contributed by atoms with Crippen LogP contribution in [0.3, 0.4) is 0 Å². The van der Waals surface area contributed by atoms with E-state index >= 15 is 0 Å². The Labute approximate surface area is 113 Å². The van der Waals surface area contributed by atoms with Gasteiger partial charge >= 0.3 is 0 Å². The van der Waals surface area contributed by atoms with E-state index in [-0.39, 0.29) is 28.2 Å². The highest BCUT2D eigenvalue weighted by Gasteiger charge is 2.26. The van der Waals surface area contributed by atoms with Gasteiger partial charge in [-0.2, -0.15) is 0 Å². The standard InChI is InChI=1S/C14H20ClNO2/c1-9(17)12(11-7-5-4-6-8-11)13(15)14(16-3)10(2)18/h11H,4-8H2,1-3H3/b13-12-,16-14?. The highest BCUT2D eigenvalue weighted by atomic mass is 35.5. The first kappa shape index (κ1) is 15.1. The van der Waals surface area contributed by atoms with Crippen LogP contribution >= 0.6 is 11.6 Å². The third-order valence-corrected chi connectivity index (χ3v) is 3.78. The Bertz CT molecular complexity index is 404. The number of aliphatic imine (C=N–C) groups is 1. The second-order valence-electron chi connectivity index (χ2n) is 4.75. The Morgan fingerprint density at radius 2 is 1.61 bits per heavy atom. The van der Waals surface area contributed by atoms with E-state index in [9.17, 15) is 9.59 Å². The largest absolute Gasteiger partial charge is 0.295 e. The van der Waals surface area contributed by atoms with Gasteiger partial charge in [-0.3, -0.25) is 14.6 Å². The van der Waals surface area contributed by atoms with E-state index < -0.39 is 0 Å². The Morgan fingerprint density at radius 1 is 1.06 bits per heavy atom. The number of ketones is 2. The molecule has 0 radical (unpaired) electrons. The predicted octanol–water partition coefficient (Wildman–Crippen LogP) is 3.31. The van der Waals surface area contributed by atoms with Crippen LogP contribution in [0.4, 0.5) is 0 Å². The van der Waals surface area contributed by atoms with Crippen molar-refractivity contribution in [1.29, 1.82) is 0 Å². The fraction of sp³-hybridized carbons (Fsp3) is 0.643. The van der Waals surface area contributed by atoms with Crippen LogP contribution in [0.5, 0.6) is 0 Å². The molecule has 0 aromatic rings. The van der Waals surface area contributed by atoms with Gasteiger partial charge in [0.2, 0.25) is 0 Å². The summed E-state index contributed by atoms with van der Waals surface area (Å²) in [6.45, 7) is 2.93. The molecule has 1 fully saturated rings. The zero-order valence-electron chi connectivity index (χ0n) is 11.3. The maximum atomic E-state index is 11.8. The van der Waals surface area contributed by atoms with Crippen molar-refractivity contribution in [3.63, 3.8) is 0 Å². The van der Waals surface area contributed by atoms with Gasteiger partial charge in [0, 0.05) is 19.5 Å². The summed E-state index contributed by atoms with van der Waals surface area (Å²) in [7, 11) is 1.53. The van der Waals surface area contributed by atoms with Crippen LogP contribution in [0.15, 0.2) is 15.6 Å². The Hall–Kier alpha value is -0.960. The zero-order valence-corrected chi connectivity index (χ0v) is 12.0. The van der Waals surface area contributed by atoms with Crippen LogP contribution in [0.2, 0.25) is 0 Å². The molecule has 0 aromatic heterocycles. The van der Waals surface area contributed by atoms with E-state index in [0.717, 1.165) is 25.7 Å². The lowest BCUT2D eigenvalue weighted by atomic mass is 9.81. The van der Waals surface area contributed by atoms with E-state index in [1.807, 2.05) is 0 Å². The summed E-state index contributed by atoms with van der Waals surface area (Å²) in [5.74, 6) is -0.0637. The normalized spacial score (nSPS) is 19.4. The smallest absolute Gasteiger partial charge is 0.179 e. The molecule has 0 amide bonds. The zero-order chi connectivity index (χ0) is 13.7. The van der Waals surface area contributed by atoms with E-state index in [2.05, 4.69) is 4.99 Å². The molecule has 18 heavy (non-hydrogen) atoms. The van der Waals surface area contributed by atoms with Crippen molar-refractivity contribution in [3.05, 3.63) is 10.6 Å². The molecule has 0 bridgehead atoms. The summed E-state index contributed by atoms with van der Waals surface area (Å²) in [5, 5.41) is 0.254. The van der Waals surface area contributed by atoms with Crippen LogP contribution in [0, 0.1) is 5.92 Å². The fourth-order valence-corrected chi connectivity index (χ4v) is 3.06. The molecule has 0 aliphatic heterocycles. The highest BCUT2D eigenvalue weighted by Crippen LogP contribution is 2.33. The summed E-state index contributed by atoms with van der Waals surface area (Å²) >= 11 is 6.24. The van der Waals surface area contributed by atoms with Crippen LogP contribution in [0.25, 0.3) is 0 Å².